The van der Waals surface area contributed by atoms with Gasteiger partial charge in [-0.05, 0) is 65.0 Å². The maximum Gasteiger partial charge on any atom is 0.0364 e. The van der Waals surface area contributed by atoms with E-state index in [1.54, 1.807) is 0 Å². The molecule has 3 fully saturated rings. The van der Waals surface area contributed by atoms with Crippen LogP contribution in [0.5, 0.6) is 0 Å². The second-order valence-corrected chi connectivity index (χ2v) is 7.44. The van der Waals surface area contributed by atoms with Gasteiger partial charge in [0.25, 0.3) is 0 Å². The van der Waals surface area contributed by atoms with Gasteiger partial charge in [0.2, 0.25) is 0 Å². The topological polar surface area (TPSA) is 32.5 Å². The van der Waals surface area contributed by atoms with Crippen molar-refractivity contribution in [2.45, 2.75) is 76.0 Å². The number of likely N-dealkylation sites (tertiary alicyclic amines) is 1. The van der Waals surface area contributed by atoms with E-state index < -0.39 is 0 Å². The zero-order chi connectivity index (χ0) is 13.6. The standard InChI is InChI=1S/C16H31N3/c1-12-5-4-8-19(13(12)2)16(11-17)9-14-6-7-15(10-16)18(14)3/h12-15H,4-11,17H2,1-3H3. The van der Waals surface area contributed by atoms with Gasteiger partial charge in [-0.3, -0.25) is 4.90 Å². The maximum atomic E-state index is 6.31. The first-order valence-electron chi connectivity index (χ1n) is 8.26. The minimum atomic E-state index is 0.298. The van der Waals surface area contributed by atoms with Gasteiger partial charge < -0.3 is 10.6 Å². The molecule has 3 saturated heterocycles. The summed E-state index contributed by atoms with van der Waals surface area (Å²) >= 11 is 0. The van der Waals surface area contributed by atoms with Gasteiger partial charge in [0.1, 0.15) is 0 Å². The molecule has 110 valence electrons. The smallest absolute Gasteiger partial charge is 0.0364 e. The fourth-order valence-electron chi connectivity index (χ4n) is 5.07. The summed E-state index contributed by atoms with van der Waals surface area (Å²) in [5, 5.41) is 0. The van der Waals surface area contributed by atoms with Crippen LogP contribution in [0.2, 0.25) is 0 Å². The van der Waals surface area contributed by atoms with Gasteiger partial charge in [0.05, 0.1) is 0 Å². The number of nitrogens with zero attached hydrogens (tertiary/aromatic N) is 2. The van der Waals surface area contributed by atoms with Crippen LogP contribution in [0.15, 0.2) is 0 Å². The van der Waals surface area contributed by atoms with Crippen molar-refractivity contribution in [1.29, 1.82) is 0 Å². The Labute approximate surface area is 118 Å². The molecule has 2 bridgehead atoms. The van der Waals surface area contributed by atoms with Crippen molar-refractivity contribution in [3.8, 4) is 0 Å². The quantitative estimate of drug-likeness (QED) is 0.829. The van der Waals surface area contributed by atoms with Crippen LogP contribution < -0.4 is 5.73 Å². The normalized spacial score (nSPS) is 48.6. The summed E-state index contributed by atoms with van der Waals surface area (Å²) in [6.45, 7) is 6.98. The Kier molecular flexibility index (Phi) is 3.65. The van der Waals surface area contributed by atoms with Crippen LogP contribution in [0.25, 0.3) is 0 Å². The second kappa shape index (κ2) is 5.01. The van der Waals surface area contributed by atoms with Crippen molar-refractivity contribution in [3.05, 3.63) is 0 Å². The molecule has 3 heterocycles. The number of hydrogen-bond donors (Lipinski definition) is 1. The summed E-state index contributed by atoms with van der Waals surface area (Å²) in [4.78, 5) is 5.44. The molecular formula is C16H31N3. The largest absolute Gasteiger partial charge is 0.329 e. The molecule has 0 aliphatic carbocycles. The molecule has 0 aromatic heterocycles. The highest BCUT2D eigenvalue weighted by molar-refractivity contribution is 5.08. The lowest BCUT2D eigenvalue weighted by atomic mass is 9.77. The molecule has 3 aliphatic heterocycles. The van der Waals surface area contributed by atoms with Gasteiger partial charge in [-0.15, -0.1) is 0 Å². The van der Waals surface area contributed by atoms with Crippen LogP contribution >= 0.6 is 0 Å². The Hall–Kier alpha value is -0.120. The molecule has 0 aromatic rings. The van der Waals surface area contributed by atoms with E-state index in [4.69, 9.17) is 5.73 Å². The zero-order valence-electron chi connectivity index (χ0n) is 12.9. The highest BCUT2D eigenvalue weighted by atomic mass is 15.3. The van der Waals surface area contributed by atoms with E-state index in [9.17, 15) is 0 Å². The molecule has 0 radical (unpaired) electrons. The molecule has 3 nitrogen and oxygen atoms in total. The Bertz CT molecular complexity index is 316. The number of piperidine rings is 2. The molecule has 3 rings (SSSR count). The zero-order valence-corrected chi connectivity index (χ0v) is 12.9. The number of fused-ring (bicyclic) bond motifs is 2. The van der Waals surface area contributed by atoms with Gasteiger partial charge in [-0.2, -0.15) is 0 Å². The molecule has 4 atom stereocenters. The monoisotopic (exact) mass is 265 g/mol. The number of nitrogens with two attached hydrogens (primary N) is 1. The third-order valence-corrected chi connectivity index (χ3v) is 6.58. The molecule has 0 saturated carbocycles. The van der Waals surface area contributed by atoms with Crippen LogP contribution in [-0.2, 0) is 0 Å². The summed E-state index contributed by atoms with van der Waals surface area (Å²) in [6, 6.07) is 2.28. The van der Waals surface area contributed by atoms with Crippen molar-refractivity contribution >= 4 is 0 Å². The number of rotatable bonds is 2. The first kappa shape index (κ1) is 13.8. The van der Waals surface area contributed by atoms with E-state index in [0.29, 0.717) is 11.6 Å². The lowest BCUT2D eigenvalue weighted by Crippen LogP contribution is -2.65. The highest BCUT2D eigenvalue weighted by Gasteiger charge is 2.50. The van der Waals surface area contributed by atoms with Crippen molar-refractivity contribution in [1.82, 2.24) is 9.80 Å². The Morgan fingerprint density at radius 1 is 1.11 bits per heavy atom. The van der Waals surface area contributed by atoms with E-state index in [-0.39, 0.29) is 0 Å². The predicted molar refractivity (Wildman–Crippen MR) is 80.2 cm³/mol. The van der Waals surface area contributed by atoms with Crippen molar-refractivity contribution in [3.63, 3.8) is 0 Å². The molecule has 0 amide bonds. The first-order chi connectivity index (χ1) is 9.07. The Morgan fingerprint density at radius 2 is 1.74 bits per heavy atom. The molecule has 3 heteroatoms. The molecular weight excluding hydrogens is 234 g/mol. The Balaban J connectivity index is 1.83. The lowest BCUT2D eigenvalue weighted by Gasteiger charge is -2.55. The SMILES string of the molecule is CC1CCCN(C2(CN)CC3CCC(C2)N3C)C1C. The summed E-state index contributed by atoms with van der Waals surface area (Å²) in [6.07, 6.45) is 8.13. The molecule has 0 aromatic carbocycles. The van der Waals surface area contributed by atoms with E-state index in [2.05, 4.69) is 30.7 Å². The van der Waals surface area contributed by atoms with Gasteiger partial charge >= 0.3 is 0 Å². The summed E-state index contributed by atoms with van der Waals surface area (Å²) < 4.78 is 0. The van der Waals surface area contributed by atoms with E-state index in [1.807, 2.05) is 0 Å². The van der Waals surface area contributed by atoms with Gasteiger partial charge in [-0.1, -0.05) is 6.92 Å². The number of hydrogen-bond acceptors (Lipinski definition) is 3. The molecule has 0 spiro atoms. The third-order valence-electron chi connectivity index (χ3n) is 6.58. The van der Waals surface area contributed by atoms with Gasteiger partial charge in [-0.25, -0.2) is 0 Å². The average molecular weight is 265 g/mol. The average Bonchev–Trinajstić information content (AvgIpc) is 2.65. The Morgan fingerprint density at radius 3 is 2.32 bits per heavy atom. The van der Waals surface area contributed by atoms with Crippen molar-refractivity contribution in [2.75, 3.05) is 20.1 Å². The minimum absolute atomic E-state index is 0.298. The summed E-state index contributed by atoms with van der Waals surface area (Å²) in [7, 11) is 2.32. The molecule has 19 heavy (non-hydrogen) atoms. The lowest BCUT2D eigenvalue weighted by molar-refractivity contribution is -0.0486. The first-order valence-corrected chi connectivity index (χ1v) is 8.26. The van der Waals surface area contributed by atoms with E-state index >= 15 is 0 Å². The van der Waals surface area contributed by atoms with Crippen LogP contribution in [0, 0.1) is 5.92 Å². The molecule has 2 N–H and O–H groups in total. The van der Waals surface area contributed by atoms with Gasteiger partial charge in [0, 0.05) is 30.2 Å². The van der Waals surface area contributed by atoms with Crippen LogP contribution in [0.4, 0.5) is 0 Å². The van der Waals surface area contributed by atoms with Gasteiger partial charge in [0.15, 0.2) is 0 Å². The predicted octanol–water partition coefficient (Wildman–Crippen LogP) is 2.06. The fraction of sp³-hybridized carbons (Fsp3) is 1.00. The highest BCUT2D eigenvalue weighted by Crippen LogP contribution is 2.44. The summed E-state index contributed by atoms with van der Waals surface area (Å²) in [5.41, 5.74) is 6.61. The van der Waals surface area contributed by atoms with E-state index in [1.165, 1.54) is 45.1 Å². The van der Waals surface area contributed by atoms with Crippen LogP contribution in [0.3, 0.4) is 0 Å². The van der Waals surface area contributed by atoms with Crippen LogP contribution in [-0.4, -0.2) is 53.6 Å². The van der Waals surface area contributed by atoms with Crippen molar-refractivity contribution < 1.29 is 0 Å². The van der Waals surface area contributed by atoms with Crippen LogP contribution in [0.1, 0.15) is 52.4 Å². The summed E-state index contributed by atoms with van der Waals surface area (Å²) in [5.74, 6) is 0.828. The minimum Gasteiger partial charge on any atom is -0.329 e. The second-order valence-electron chi connectivity index (χ2n) is 7.44. The maximum absolute atomic E-state index is 6.31. The third kappa shape index (κ3) is 2.14. The van der Waals surface area contributed by atoms with E-state index in [0.717, 1.165) is 24.5 Å². The van der Waals surface area contributed by atoms with Crippen molar-refractivity contribution in [2.24, 2.45) is 11.7 Å². The fourth-order valence-corrected chi connectivity index (χ4v) is 5.07. The molecule has 3 aliphatic rings. The molecule has 4 unspecified atom stereocenters.